The average Bonchev–Trinajstić information content (AvgIpc) is 3.08. The van der Waals surface area contributed by atoms with Crippen LogP contribution in [-0.4, -0.2) is 22.6 Å². The van der Waals surface area contributed by atoms with Gasteiger partial charge in [0.1, 0.15) is 5.76 Å². The summed E-state index contributed by atoms with van der Waals surface area (Å²) < 4.78 is 16.2. The van der Waals surface area contributed by atoms with Gasteiger partial charge < -0.3 is 13.6 Å². The van der Waals surface area contributed by atoms with Gasteiger partial charge in [-0.05, 0) is 37.3 Å². The first kappa shape index (κ1) is 19.7. The van der Waals surface area contributed by atoms with Crippen molar-refractivity contribution < 1.29 is 18.4 Å². The van der Waals surface area contributed by atoms with Crippen molar-refractivity contribution in [3.05, 3.63) is 86.6 Å². The lowest BCUT2D eigenvalue weighted by molar-refractivity contribution is 0.0601. The van der Waals surface area contributed by atoms with Gasteiger partial charge in [-0.1, -0.05) is 30.0 Å². The standard InChI is InChI=1S/C21H16N2O6S/c1-12-17(29-21(26)28-12)11-30-20-22-16-10-13(19(25)27-2)8-9-15(16)18(24)23(20)14-6-4-3-5-7-14/h3-10H,11H2,1-2H3. The van der Waals surface area contributed by atoms with Gasteiger partial charge in [-0.25, -0.2) is 14.6 Å². The average molecular weight is 424 g/mol. The molecule has 0 bridgehead atoms. The van der Waals surface area contributed by atoms with E-state index in [-0.39, 0.29) is 11.3 Å². The molecule has 30 heavy (non-hydrogen) atoms. The molecular formula is C21H16N2O6S. The molecule has 0 radical (unpaired) electrons. The molecule has 0 fully saturated rings. The van der Waals surface area contributed by atoms with Crippen molar-refractivity contribution in [2.45, 2.75) is 17.8 Å². The molecule has 0 aliphatic heterocycles. The number of esters is 1. The van der Waals surface area contributed by atoms with Gasteiger partial charge in [-0.15, -0.1) is 0 Å². The summed E-state index contributed by atoms with van der Waals surface area (Å²) >= 11 is 1.21. The molecule has 0 N–H and O–H groups in total. The Bertz CT molecular complexity index is 1350. The highest BCUT2D eigenvalue weighted by Crippen LogP contribution is 2.26. The molecule has 4 aromatic rings. The normalized spacial score (nSPS) is 11.0. The molecule has 9 heteroatoms. The van der Waals surface area contributed by atoms with E-state index < -0.39 is 11.8 Å². The second-order valence-corrected chi connectivity index (χ2v) is 7.26. The maximum absolute atomic E-state index is 13.3. The van der Waals surface area contributed by atoms with Gasteiger partial charge in [0, 0.05) is 0 Å². The Morgan fingerprint density at radius 1 is 1.13 bits per heavy atom. The predicted octanol–water partition coefficient (Wildman–Crippen LogP) is 3.32. The number of methoxy groups -OCH3 is 1. The van der Waals surface area contributed by atoms with Crippen molar-refractivity contribution >= 4 is 28.6 Å². The van der Waals surface area contributed by atoms with Gasteiger partial charge in [0.15, 0.2) is 10.9 Å². The SMILES string of the molecule is COC(=O)c1ccc2c(=O)n(-c3ccccc3)c(SCc3oc(=O)oc3C)nc2c1. The highest BCUT2D eigenvalue weighted by Gasteiger charge is 2.17. The number of hydrogen-bond donors (Lipinski definition) is 0. The molecule has 0 saturated heterocycles. The molecule has 2 heterocycles. The number of fused-ring (bicyclic) bond motifs is 1. The Morgan fingerprint density at radius 2 is 1.90 bits per heavy atom. The number of hydrogen-bond acceptors (Lipinski definition) is 8. The molecule has 0 spiro atoms. The number of thioether (sulfide) groups is 1. The van der Waals surface area contributed by atoms with E-state index in [1.54, 1.807) is 25.1 Å². The lowest BCUT2D eigenvalue weighted by Gasteiger charge is -2.13. The second-order valence-electron chi connectivity index (χ2n) is 6.32. The number of nitrogens with zero attached hydrogens (tertiary/aromatic N) is 2. The Morgan fingerprint density at radius 3 is 2.57 bits per heavy atom. The molecule has 0 aliphatic carbocycles. The summed E-state index contributed by atoms with van der Waals surface area (Å²) in [5, 5.41) is 0.742. The maximum Gasteiger partial charge on any atom is 0.519 e. The Labute approximate surface area is 174 Å². The van der Waals surface area contributed by atoms with Crippen LogP contribution >= 0.6 is 11.8 Å². The van der Waals surface area contributed by atoms with Crippen LogP contribution < -0.4 is 11.4 Å². The van der Waals surface area contributed by atoms with Gasteiger partial charge in [0.05, 0.1) is 35.0 Å². The van der Waals surface area contributed by atoms with Gasteiger partial charge in [-0.2, -0.15) is 0 Å². The molecular weight excluding hydrogens is 408 g/mol. The van der Waals surface area contributed by atoms with E-state index in [4.69, 9.17) is 13.6 Å². The smallest absolute Gasteiger partial charge is 0.465 e. The number of carbonyl (C=O) groups excluding carboxylic acids is 1. The second kappa shape index (κ2) is 8.03. The van der Waals surface area contributed by atoms with Crippen LogP contribution in [0.15, 0.2) is 72.1 Å². The van der Waals surface area contributed by atoms with E-state index in [1.165, 1.54) is 35.6 Å². The third-order valence-electron chi connectivity index (χ3n) is 4.44. The number of aryl methyl sites for hydroxylation is 1. The molecule has 152 valence electrons. The van der Waals surface area contributed by atoms with Crippen molar-refractivity contribution in [3.8, 4) is 5.69 Å². The largest absolute Gasteiger partial charge is 0.519 e. The summed E-state index contributed by atoms with van der Waals surface area (Å²) in [6, 6.07) is 13.7. The van der Waals surface area contributed by atoms with Crippen LogP contribution in [0, 0.1) is 6.92 Å². The number of rotatable bonds is 5. The van der Waals surface area contributed by atoms with Crippen molar-refractivity contribution in [1.29, 1.82) is 0 Å². The van der Waals surface area contributed by atoms with Gasteiger partial charge >= 0.3 is 11.8 Å². The fraction of sp³-hybridized carbons (Fsp3) is 0.143. The molecule has 0 atom stereocenters. The van der Waals surface area contributed by atoms with Gasteiger partial charge in [0.25, 0.3) is 5.56 Å². The number of para-hydroxylation sites is 1. The zero-order valence-corrected chi connectivity index (χ0v) is 16.9. The highest BCUT2D eigenvalue weighted by molar-refractivity contribution is 7.98. The zero-order chi connectivity index (χ0) is 21.3. The third kappa shape index (κ3) is 3.67. The minimum absolute atomic E-state index is 0.235. The third-order valence-corrected chi connectivity index (χ3v) is 5.38. The molecule has 0 amide bonds. The Balaban J connectivity index is 1.87. The summed E-state index contributed by atoms with van der Waals surface area (Å²) in [6.45, 7) is 1.63. The molecule has 2 aromatic heterocycles. The molecule has 0 saturated carbocycles. The highest BCUT2D eigenvalue weighted by atomic mass is 32.2. The Kier molecular flexibility index (Phi) is 5.28. The minimum atomic E-state index is -0.780. The first-order chi connectivity index (χ1) is 14.5. The van der Waals surface area contributed by atoms with Crippen LogP contribution in [0.1, 0.15) is 21.9 Å². The predicted molar refractivity (Wildman–Crippen MR) is 110 cm³/mol. The molecule has 2 aromatic carbocycles. The van der Waals surface area contributed by atoms with Crippen LogP contribution in [0.5, 0.6) is 0 Å². The van der Waals surface area contributed by atoms with Crippen molar-refractivity contribution in [2.75, 3.05) is 7.11 Å². The summed E-state index contributed by atoms with van der Waals surface area (Å²) in [5.74, 6) is -0.329. The van der Waals surface area contributed by atoms with E-state index in [0.717, 1.165) is 0 Å². The summed E-state index contributed by atoms with van der Waals surface area (Å²) in [4.78, 5) is 41.1. The van der Waals surface area contributed by atoms with Crippen LogP contribution in [0.4, 0.5) is 0 Å². The monoisotopic (exact) mass is 424 g/mol. The number of aromatic nitrogens is 2. The number of benzene rings is 2. The van der Waals surface area contributed by atoms with Crippen LogP contribution in [0.2, 0.25) is 0 Å². The molecule has 0 unspecified atom stereocenters. The fourth-order valence-corrected chi connectivity index (χ4v) is 3.95. The quantitative estimate of drug-likeness (QED) is 0.273. The molecule has 0 aliphatic rings. The van der Waals surface area contributed by atoms with Crippen molar-refractivity contribution in [1.82, 2.24) is 9.55 Å². The molecule has 8 nitrogen and oxygen atoms in total. The van der Waals surface area contributed by atoms with E-state index in [9.17, 15) is 14.4 Å². The minimum Gasteiger partial charge on any atom is -0.465 e. The van der Waals surface area contributed by atoms with E-state index >= 15 is 0 Å². The van der Waals surface area contributed by atoms with E-state index in [1.807, 2.05) is 18.2 Å². The van der Waals surface area contributed by atoms with Crippen molar-refractivity contribution in [2.24, 2.45) is 0 Å². The molecule has 4 rings (SSSR count). The first-order valence-corrected chi connectivity index (χ1v) is 9.89. The lowest BCUT2D eigenvalue weighted by Crippen LogP contribution is -2.22. The van der Waals surface area contributed by atoms with E-state index in [0.29, 0.717) is 38.8 Å². The summed E-state index contributed by atoms with van der Waals surface area (Å²) in [6.07, 6.45) is 0. The summed E-state index contributed by atoms with van der Waals surface area (Å²) in [5.41, 5.74) is 1.02. The lowest BCUT2D eigenvalue weighted by atomic mass is 10.1. The van der Waals surface area contributed by atoms with Crippen LogP contribution in [0.3, 0.4) is 0 Å². The number of carbonyl (C=O) groups is 1. The van der Waals surface area contributed by atoms with Crippen LogP contribution in [-0.2, 0) is 10.5 Å². The maximum atomic E-state index is 13.3. The first-order valence-electron chi connectivity index (χ1n) is 8.90. The number of ether oxygens (including phenoxy) is 1. The topological polar surface area (TPSA) is 105 Å². The fourth-order valence-electron chi connectivity index (χ4n) is 2.95. The zero-order valence-electron chi connectivity index (χ0n) is 16.1. The van der Waals surface area contributed by atoms with Gasteiger partial charge in [-0.3, -0.25) is 9.36 Å². The Hall–Kier alpha value is -3.59. The summed E-state index contributed by atoms with van der Waals surface area (Å²) in [7, 11) is 1.29. The van der Waals surface area contributed by atoms with E-state index in [2.05, 4.69) is 4.98 Å². The van der Waals surface area contributed by atoms with Crippen LogP contribution in [0.25, 0.3) is 16.6 Å². The van der Waals surface area contributed by atoms with Gasteiger partial charge in [0.2, 0.25) is 0 Å². The van der Waals surface area contributed by atoms with Crippen molar-refractivity contribution in [3.63, 3.8) is 0 Å².